The van der Waals surface area contributed by atoms with E-state index < -0.39 is 0 Å². The van der Waals surface area contributed by atoms with E-state index in [1.165, 1.54) is 19.3 Å². The first-order valence-corrected chi connectivity index (χ1v) is 10.3. The van der Waals surface area contributed by atoms with Crippen molar-refractivity contribution in [3.8, 4) is 0 Å². The average molecular weight is 390 g/mol. The first kappa shape index (κ1) is 18.8. The summed E-state index contributed by atoms with van der Waals surface area (Å²) >= 11 is 5.90. The van der Waals surface area contributed by atoms with Crippen LogP contribution in [-0.4, -0.2) is 36.0 Å². The van der Waals surface area contributed by atoms with E-state index in [4.69, 9.17) is 11.6 Å². The fourth-order valence-corrected chi connectivity index (χ4v) is 6.03. The van der Waals surface area contributed by atoms with Gasteiger partial charge < -0.3 is 5.32 Å². The van der Waals surface area contributed by atoms with Gasteiger partial charge in [0.25, 0.3) is 0 Å². The first-order chi connectivity index (χ1) is 12.9. The standard InChI is InChI=1S/C21H28ClN3O2/c1-25(12-14-2-4-18(22)5-3-14)13-19(26)23-20(27)24-21-9-15-6-16(10-21)8-17(7-15)11-21/h2-5,15-17H,6-13H2,1H3,(H2,23,24,26,27). The number of carbonyl (C=O) groups is 2. The Hall–Kier alpha value is -1.59. The van der Waals surface area contributed by atoms with Gasteiger partial charge in [-0.15, -0.1) is 0 Å². The van der Waals surface area contributed by atoms with Gasteiger partial charge in [0.05, 0.1) is 6.54 Å². The van der Waals surface area contributed by atoms with E-state index in [1.807, 2.05) is 36.2 Å². The molecule has 0 radical (unpaired) electrons. The number of halogens is 1. The van der Waals surface area contributed by atoms with Crippen molar-refractivity contribution in [2.75, 3.05) is 13.6 Å². The van der Waals surface area contributed by atoms with Crippen molar-refractivity contribution in [2.24, 2.45) is 17.8 Å². The summed E-state index contributed by atoms with van der Waals surface area (Å²) in [6, 6.07) is 7.22. The molecular formula is C21H28ClN3O2. The molecule has 4 aliphatic rings. The molecule has 0 heterocycles. The third-order valence-corrected chi connectivity index (χ3v) is 6.70. The fraction of sp³-hybridized carbons (Fsp3) is 0.619. The highest BCUT2D eigenvalue weighted by Gasteiger charge is 2.51. The van der Waals surface area contributed by atoms with E-state index in [0.29, 0.717) is 11.6 Å². The Kier molecular flexibility index (Phi) is 5.17. The molecule has 4 bridgehead atoms. The maximum atomic E-state index is 12.4. The summed E-state index contributed by atoms with van der Waals surface area (Å²) in [4.78, 5) is 26.6. The number of nitrogens with one attached hydrogen (secondary N) is 2. The number of urea groups is 1. The minimum atomic E-state index is -0.332. The van der Waals surface area contributed by atoms with Gasteiger partial charge in [0.2, 0.25) is 5.91 Å². The first-order valence-electron chi connectivity index (χ1n) is 9.94. The number of hydrogen-bond acceptors (Lipinski definition) is 3. The van der Waals surface area contributed by atoms with E-state index in [2.05, 4.69) is 10.6 Å². The highest BCUT2D eigenvalue weighted by atomic mass is 35.5. The molecule has 4 fully saturated rings. The lowest BCUT2D eigenvalue weighted by Crippen LogP contribution is -2.62. The second kappa shape index (κ2) is 7.44. The zero-order valence-electron chi connectivity index (χ0n) is 15.8. The van der Waals surface area contributed by atoms with Gasteiger partial charge in [-0.25, -0.2) is 4.79 Å². The molecule has 5 nitrogen and oxygen atoms in total. The van der Waals surface area contributed by atoms with Crippen LogP contribution in [0, 0.1) is 17.8 Å². The Morgan fingerprint density at radius 1 is 1.07 bits per heavy atom. The topological polar surface area (TPSA) is 61.4 Å². The summed E-state index contributed by atoms with van der Waals surface area (Å²) in [6.07, 6.45) is 7.23. The lowest BCUT2D eigenvalue weighted by molar-refractivity contribution is -0.121. The molecule has 4 saturated carbocycles. The molecule has 0 unspecified atom stereocenters. The van der Waals surface area contributed by atoms with Crippen molar-refractivity contribution in [3.05, 3.63) is 34.9 Å². The predicted octanol–water partition coefficient (Wildman–Crippen LogP) is 3.57. The predicted molar refractivity (Wildman–Crippen MR) is 105 cm³/mol. The normalized spacial score (nSPS) is 31.1. The third kappa shape index (κ3) is 4.46. The van der Waals surface area contributed by atoms with E-state index in [0.717, 1.165) is 42.6 Å². The summed E-state index contributed by atoms with van der Waals surface area (Å²) in [5.41, 5.74) is 1.00. The van der Waals surface area contributed by atoms with E-state index in [-0.39, 0.29) is 24.0 Å². The Balaban J connectivity index is 1.25. The molecule has 0 atom stereocenters. The molecule has 1 aromatic rings. The average Bonchev–Trinajstić information content (AvgIpc) is 2.54. The maximum absolute atomic E-state index is 12.4. The molecule has 5 rings (SSSR count). The number of likely N-dealkylation sites (N-methyl/N-ethyl adjacent to an activating group) is 1. The molecule has 3 amide bonds. The highest BCUT2D eigenvalue weighted by Crippen LogP contribution is 2.55. The van der Waals surface area contributed by atoms with E-state index in [9.17, 15) is 9.59 Å². The summed E-state index contributed by atoms with van der Waals surface area (Å²) < 4.78 is 0. The van der Waals surface area contributed by atoms with Gasteiger partial charge in [-0.1, -0.05) is 23.7 Å². The maximum Gasteiger partial charge on any atom is 0.321 e. The molecule has 2 N–H and O–H groups in total. The smallest absolute Gasteiger partial charge is 0.321 e. The fourth-order valence-electron chi connectivity index (χ4n) is 5.90. The van der Waals surface area contributed by atoms with Crippen LogP contribution in [0.15, 0.2) is 24.3 Å². The molecule has 0 aliphatic heterocycles. The van der Waals surface area contributed by atoms with Crippen molar-refractivity contribution < 1.29 is 9.59 Å². The zero-order valence-corrected chi connectivity index (χ0v) is 16.6. The lowest BCUT2D eigenvalue weighted by Gasteiger charge is -2.56. The monoisotopic (exact) mass is 389 g/mol. The number of rotatable bonds is 5. The third-order valence-electron chi connectivity index (χ3n) is 6.45. The minimum Gasteiger partial charge on any atom is -0.332 e. The van der Waals surface area contributed by atoms with E-state index in [1.54, 1.807) is 0 Å². The van der Waals surface area contributed by atoms with Crippen LogP contribution in [0.4, 0.5) is 4.79 Å². The molecule has 146 valence electrons. The summed E-state index contributed by atoms with van der Waals surface area (Å²) in [7, 11) is 1.87. The van der Waals surface area contributed by atoms with Crippen LogP contribution >= 0.6 is 11.6 Å². The summed E-state index contributed by atoms with van der Waals surface area (Å²) in [5, 5.41) is 6.40. The Bertz CT molecular complexity index is 683. The molecule has 4 aliphatic carbocycles. The zero-order chi connectivity index (χ0) is 19.0. The number of amides is 3. The van der Waals surface area contributed by atoms with Crippen LogP contribution in [0.1, 0.15) is 44.1 Å². The summed E-state index contributed by atoms with van der Waals surface area (Å²) in [6.45, 7) is 0.804. The van der Waals surface area contributed by atoms with Crippen LogP contribution in [0.25, 0.3) is 0 Å². The lowest BCUT2D eigenvalue weighted by atomic mass is 9.53. The van der Waals surface area contributed by atoms with Gasteiger partial charge in [-0.3, -0.25) is 15.0 Å². The van der Waals surface area contributed by atoms with Crippen LogP contribution in [0.5, 0.6) is 0 Å². The molecular weight excluding hydrogens is 362 g/mol. The number of nitrogens with zero attached hydrogens (tertiary/aromatic N) is 1. The van der Waals surface area contributed by atoms with Gasteiger partial charge in [0.15, 0.2) is 0 Å². The van der Waals surface area contributed by atoms with Crippen molar-refractivity contribution in [1.29, 1.82) is 0 Å². The Morgan fingerprint density at radius 3 is 2.19 bits per heavy atom. The van der Waals surface area contributed by atoms with Gasteiger partial charge in [-0.05, 0) is 81.0 Å². The van der Waals surface area contributed by atoms with Crippen molar-refractivity contribution in [2.45, 2.75) is 50.6 Å². The van der Waals surface area contributed by atoms with Gasteiger partial charge in [0.1, 0.15) is 0 Å². The molecule has 0 spiro atoms. The van der Waals surface area contributed by atoms with E-state index >= 15 is 0 Å². The van der Waals surface area contributed by atoms with Crippen LogP contribution in [0.3, 0.4) is 0 Å². The van der Waals surface area contributed by atoms with Gasteiger partial charge in [0, 0.05) is 17.1 Å². The van der Waals surface area contributed by atoms with Gasteiger partial charge in [-0.2, -0.15) is 0 Å². The molecule has 0 saturated heterocycles. The number of benzene rings is 1. The number of carbonyl (C=O) groups excluding carboxylic acids is 2. The van der Waals surface area contributed by atoms with Gasteiger partial charge >= 0.3 is 6.03 Å². The highest BCUT2D eigenvalue weighted by molar-refractivity contribution is 6.30. The second-order valence-electron chi connectivity index (χ2n) is 9.00. The molecule has 27 heavy (non-hydrogen) atoms. The van der Waals surface area contributed by atoms with Crippen LogP contribution in [-0.2, 0) is 11.3 Å². The molecule has 0 aromatic heterocycles. The molecule has 1 aromatic carbocycles. The van der Waals surface area contributed by atoms with Crippen molar-refractivity contribution in [1.82, 2.24) is 15.5 Å². The SMILES string of the molecule is CN(CC(=O)NC(=O)NC12CC3CC(CC(C3)C1)C2)Cc1ccc(Cl)cc1. The van der Waals surface area contributed by atoms with Crippen molar-refractivity contribution in [3.63, 3.8) is 0 Å². The minimum absolute atomic E-state index is 0.0751. The van der Waals surface area contributed by atoms with Crippen LogP contribution < -0.4 is 10.6 Å². The second-order valence-corrected chi connectivity index (χ2v) is 9.44. The Labute approximate surface area is 165 Å². The quantitative estimate of drug-likeness (QED) is 0.809. The Morgan fingerprint density at radius 2 is 1.63 bits per heavy atom. The largest absolute Gasteiger partial charge is 0.332 e. The molecule has 6 heteroatoms. The van der Waals surface area contributed by atoms with Crippen LogP contribution in [0.2, 0.25) is 5.02 Å². The number of hydrogen-bond donors (Lipinski definition) is 2. The number of imide groups is 1. The summed E-state index contributed by atoms with van der Waals surface area (Å²) in [5.74, 6) is 2.02. The van der Waals surface area contributed by atoms with Crippen molar-refractivity contribution >= 4 is 23.5 Å².